The van der Waals surface area contributed by atoms with E-state index in [1.165, 1.54) is 0 Å². The Kier molecular flexibility index (Phi) is 4.03. The first-order valence-electron chi connectivity index (χ1n) is 5.09. The minimum absolute atomic E-state index is 0.342. The Bertz CT molecular complexity index is 475. The number of nitrogens with zero attached hydrogens (tertiary/aromatic N) is 2. The maximum atomic E-state index is 11.3. The summed E-state index contributed by atoms with van der Waals surface area (Å²) >= 11 is 0. The van der Waals surface area contributed by atoms with E-state index in [0.717, 1.165) is 29.1 Å². The number of aromatic nitrogens is 2. The van der Waals surface area contributed by atoms with Crippen molar-refractivity contribution in [1.29, 1.82) is 0 Å². The second-order valence-electron chi connectivity index (χ2n) is 3.66. The molecule has 1 heterocycles. The van der Waals surface area contributed by atoms with Crippen LogP contribution in [0.15, 0.2) is 12.2 Å². The number of aliphatic carboxylic acids is 1. The highest BCUT2D eigenvalue weighted by atomic mass is 16.4. The Morgan fingerprint density at radius 2 is 2.06 bits per heavy atom. The molecule has 0 saturated carbocycles. The Balaban J connectivity index is 2.62. The molecule has 0 aromatic carbocycles. The van der Waals surface area contributed by atoms with Gasteiger partial charge in [-0.1, -0.05) is 0 Å². The van der Waals surface area contributed by atoms with Crippen LogP contribution in [-0.4, -0.2) is 26.8 Å². The second-order valence-corrected chi connectivity index (χ2v) is 3.66. The molecule has 0 spiro atoms. The number of carboxylic acids is 1. The van der Waals surface area contributed by atoms with Gasteiger partial charge < -0.3 is 10.4 Å². The van der Waals surface area contributed by atoms with Crippen LogP contribution in [0, 0.1) is 13.8 Å². The molecule has 1 rings (SSSR count). The molecule has 2 N–H and O–H groups in total. The van der Waals surface area contributed by atoms with Gasteiger partial charge in [-0.05, 0) is 13.8 Å². The molecule has 0 radical (unpaired) electrons. The summed E-state index contributed by atoms with van der Waals surface area (Å²) in [6.07, 6.45) is 1.79. The lowest BCUT2D eigenvalue weighted by atomic mass is 10.2. The van der Waals surface area contributed by atoms with E-state index < -0.39 is 11.9 Å². The topological polar surface area (TPSA) is 84.2 Å². The molecule has 1 amide bonds. The predicted octanol–water partition coefficient (Wildman–Crippen LogP) is 0.294. The molecule has 0 saturated heterocycles. The zero-order valence-electron chi connectivity index (χ0n) is 10.0. The molecule has 0 unspecified atom stereocenters. The van der Waals surface area contributed by atoms with Crippen molar-refractivity contribution in [3.63, 3.8) is 0 Å². The normalized spacial score (nSPS) is 10.8. The summed E-state index contributed by atoms with van der Waals surface area (Å²) in [5.41, 5.74) is 2.78. The Morgan fingerprint density at radius 1 is 1.41 bits per heavy atom. The Hall–Kier alpha value is -2.11. The molecule has 0 fully saturated rings. The summed E-state index contributed by atoms with van der Waals surface area (Å²) in [5, 5.41) is 15.2. The van der Waals surface area contributed by atoms with Gasteiger partial charge in [-0.25, -0.2) is 4.79 Å². The number of hydrogen-bond donors (Lipinski definition) is 2. The first-order chi connectivity index (χ1) is 7.91. The van der Waals surface area contributed by atoms with Crippen molar-refractivity contribution >= 4 is 11.9 Å². The monoisotopic (exact) mass is 237 g/mol. The van der Waals surface area contributed by atoms with Crippen LogP contribution in [0.4, 0.5) is 0 Å². The number of aryl methyl sites for hydroxylation is 2. The van der Waals surface area contributed by atoms with Gasteiger partial charge >= 0.3 is 5.97 Å². The van der Waals surface area contributed by atoms with E-state index in [9.17, 15) is 9.59 Å². The third kappa shape index (κ3) is 3.44. The smallest absolute Gasteiger partial charge is 0.328 e. The summed E-state index contributed by atoms with van der Waals surface area (Å²) in [4.78, 5) is 21.5. The number of carbonyl (C=O) groups excluding carboxylic acids is 1. The zero-order chi connectivity index (χ0) is 13.0. The van der Waals surface area contributed by atoms with E-state index in [0.29, 0.717) is 6.54 Å². The van der Waals surface area contributed by atoms with Gasteiger partial charge in [-0.3, -0.25) is 9.48 Å². The molecule has 17 heavy (non-hydrogen) atoms. The van der Waals surface area contributed by atoms with Crippen LogP contribution in [0.2, 0.25) is 0 Å². The summed E-state index contributed by atoms with van der Waals surface area (Å²) in [6.45, 7) is 4.12. The molecule has 92 valence electrons. The Labute approximate surface area is 98.9 Å². The molecule has 6 heteroatoms. The lowest BCUT2D eigenvalue weighted by molar-refractivity contribution is -0.131. The van der Waals surface area contributed by atoms with Gasteiger partial charge in [-0.15, -0.1) is 0 Å². The first kappa shape index (κ1) is 13.0. The molecule has 0 aliphatic rings. The zero-order valence-corrected chi connectivity index (χ0v) is 10.0. The fraction of sp³-hybridized carbons (Fsp3) is 0.364. The number of rotatable bonds is 4. The molecule has 0 atom stereocenters. The highest BCUT2D eigenvalue weighted by Gasteiger charge is 2.09. The highest BCUT2D eigenvalue weighted by molar-refractivity contribution is 5.93. The van der Waals surface area contributed by atoms with Gasteiger partial charge in [0.25, 0.3) is 0 Å². The van der Waals surface area contributed by atoms with E-state index >= 15 is 0 Å². The van der Waals surface area contributed by atoms with Crippen LogP contribution in [0.1, 0.15) is 17.0 Å². The van der Waals surface area contributed by atoms with E-state index in [1.54, 1.807) is 4.68 Å². The number of amides is 1. The second kappa shape index (κ2) is 5.29. The fourth-order valence-electron chi connectivity index (χ4n) is 1.45. The van der Waals surface area contributed by atoms with Crippen LogP contribution in [0.25, 0.3) is 0 Å². The van der Waals surface area contributed by atoms with Crippen molar-refractivity contribution in [2.75, 3.05) is 0 Å². The average Bonchev–Trinajstić information content (AvgIpc) is 2.48. The standard InChI is InChI=1S/C11H15N3O3/c1-7-9(8(2)14(3)13-7)6-12-10(15)4-5-11(16)17/h4-5H,6H2,1-3H3,(H,12,15)(H,16,17). The van der Waals surface area contributed by atoms with Gasteiger partial charge in [0.15, 0.2) is 0 Å². The van der Waals surface area contributed by atoms with Crippen LogP contribution in [-0.2, 0) is 23.2 Å². The Morgan fingerprint density at radius 3 is 2.53 bits per heavy atom. The van der Waals surface area contributed by atoms with Crippen molar-refractivity contribution in [1.82, 2.24) is 15.1 Å². The number of hydrogen-bond acceptors (Lipinski definition) is 3. The van der Waals surface area contributed by atoms with Crippen LogP contribution >= 0.6 is 0 Å². The number of nitrogens with one attached hydrogen (secondary N) is 1. The minimum Gasteiger partial charge on any atom is -0.478 e. The third-order valence-electron chi connectivity index (χ3n) is 2.48. The lowest BCUT2D eigenvalue weighted by Crippen LogP contribution is -2.21. The van der Waals surface area contributed by atoms with Crippen molar-refractivity contribution < 1.29 is 14.7 Å². The van der Waals surface area contributed by atoms with Gasteiger partial charge in [0.05, 0.1) is 5.69 Å². The molecular weight excluding hydrogens is 222 g/mol. The number of carbonyl (C=O) groups is 2. The van der Waals surface area contributed by atoms with E-state index in [2.05, 4.69) is 10.4 Å². The summed E-state index contributed by atoms with van der Waals surface area (Å²) < 4.78 is 1.74. The maximum Gasteiger partial charge on any atom is 0.328 e. The van der Waals surface area contributed by atoms with Crippen molar-refractivity contribution in [2.45, 2.75) is 20.4 Å². The van der Waals surface area contributed by atoms with Crippen LogP contribution in [0.5, 0.6) is 0 Å². The van der Waals surface area contributed by atoms with Crippen molar-refractivity contribution in [3.05, 3.63) is 29.1 Å². The van der Waals surface area contributed by atoms with Gasteiger partial charge in [0.1, 0.15) is 0 Å². The molecule has 0 bridgehead atoms. The van der Waals surface area contributed by atoms with Gasteiger partial charge in [0, 0.05) is 37.0 Å². The molecule has 0 aliphatic carbocycles. The quantitative estimate of drug-likeness (QED) is 0.737. The molecule has 1 aromatic rings. The van der Waals surface area contributed by atoms with E-state index in [-0.39, 0.29) is 0 Å². The average molecular weight is 237 g/mol. The fourth-order valence-corrected chi connectivity index (χ4v) is 1.45. The van der Waals surface area contributed by atoms with Gasteiger partial charge in [-0.2, -0.15) is 5.10 Å². The predicted molar refractivity (Wildman–Crippen MR) is 61.3 cm³/mol. The van der Waals surface area contributed by atoms with Gasteiger partial charge in [0.2, 0.25) is 5.91 Å². The minimum atomic E-state index is -1.14. The molecule has 1 aromatic heterocycles. The van der Waals surface area contributed by atoms with E-state index in [4.69, 9.17) is 5.11 Å². The van der Waals surface area contributed by atoms with Crippen molar-refractivity contribution in [2.24, 2.45) is 7.05 Å². The summed E-state index contributed by atoms with van der Waals surface area (Å²) in [6, 6.07) is 0. The highest BCUT2D eigenvalue weighted by Crippen LogP contribution is 2.10. The van der Waals surface area contributed by atoms with Crippen molar-refractivity contribution in [3.8, 4) is 0 Å². The molecule has 0 aliphatic heterocycles. The molecule has 6 nitrogen and oxygen atoms in total. The summed E-state index contributed by atoms with van der Waals surface area (Å²) in [7, 11) is 1.83. The van der Waals surface area contributed by atoms with Crippen LogP contribution < -0.4 is 5.32 Å². The summed E-state index contributed by atoms with van der Waals surface area (Å²) in [5.74, 6) is -1.58. The first-order valence-corrected chi connectivity index (χ1v) is 5.09. The maximum absolute atomic E-state index is 11.3. The SMILES string of the molecule is Cc1nn(C)c(C)c1CNC(=O)C=CC(=O)O. The third-order valence-corrected chi connectivity index (χ3v) is 2.48. The van der Waals surface area contributed by atoms with E-state index in [1.807, 2.05) is 20.9 Å². The lowest BCUT2D eigenvalue weighted by Gasteiger charge is -2.02. The molecular formula is C11H15N3O3. The largest absolute Gasteiger partial charge is 0.478 e. The van der Waals surface area contributed by atoms with Crippen LogP contribution in [0.3, 0.4) is 0 Å². The number of carboxylic acid groups (broad SMARTS) is 1.